The van der Waals surface area contributed by atoms with Gasteiger partial charge >= 0.3 is 0 Å². The number of hydrazine groups is 1. The second-order valence-corrected chi connectivity index (χ2v) is 6.04. The van der Waals surface area contributed by atoms with Crippen molar-refractivity contribution in [2.45, 2.75) is 20.0 Å². The highest BCUT2D eigenvalue weighted by molar-refractivity contribution is 5.93. The Morgan fingerprint density at radius 2 is 1.85 bits per heavy atom. The summed E-state index contributed by atoms with van der Waals surface area (Å²) in [5.41, 5.74) is 7.87. The van der Waals surface area contributed by atoms with E-state index >= 15 is 0 Å². The summed E-state index contributed by atoms with van der Waals surface area (Å²) in [5, 5.41) is 0. The van der Waals surface area contributed by atoms with Crippen molar-refractivity contribution in [3.8, 4) is 11.5 Å². The SMILES string of the molecule is Cc1ccc(/C=C/C(=O)NNC(=O)C2COc3ccccc3O2)c(C)c1. The Bertz CT molecular complexity index is 861. The van der Waals surface area contributed by atoms with Crippen LogP contribution in [0.3, 0.4) is 0 Å². The van der Waals surface area contributed by atoms with Gasteiger partial charge in [0.15, 0.2) is 11.5 Å². The van der Waals surface area contributed by atoms with Crippen molar-refractivity contribution in [1.29, 1.82) is 0 Å². The Morgan fingerprint density at radius 1 is 1.08 bits per heavy atom. The number of hydrogen-bond acceptors (Lipinski definition) is 4. The summed E-state index contributed by atoms with van der Waals surface area (Å²) in [5.74, 6) is 0.181. The molecule has 0 saturated heterocycles. The van der Waals surface area contributed by atoms with E-state index in [2.05, 4.69) is 10.9 Å². The van der Waals surface area contributed by atoms with E-state index in [-0.39, 0.29) is 6.61 Å². The summed E-state index contributed by atoms with van der Waals surface area (Å²) in [6.45, 7) is 4.07. The van der Waals surface area contributed by atoms with Crippen LogP contribution in [-0.4, -0.2) is 24.5 Å². The van der Waals surface area contributed by atoms with Gasteiger partial charge in [0, 0.05) is 6.08 Å². The van der Waals surface area contributed by atoms with Gasteiger partial charge in [-0.25, -0.2) is 0 Å². The number of para-hydroxylation sites is 2. The van der Waals surface area contributed by atoms with Crippen LogP contribution in [0.2, 0.25) is 0 Å². The van der Waals surface area contributed by atoms with Crippen molar-refractivity contribution in [2.24, 2.45) is 0 Å². The molecular weight excluding hydrogens is 332 g/mol. The van der Waals surface area contributed by atoms with Gasteiger partial charge in [0.25, 0.3) is 11.8 Å². The van der Waals surface area contributed by atoms with Crippen molar-refractivity contribution in [3.63, 3.8) is 0 Å². The second-order valence-electron chi connectivity index (χ2n) is 6.04. The Balaban J connectivity index is 1.51. The van der Waals surface area contributed by atoms with Crippen LogP contribution >= 0.6 is 0 Å². The fourth-order valence-electron chi connectivity index (χ4n) is 2.57. The first-order chi connectivity index (χ1) is 12.5. The molecule has 0 aromatic heterocycles. The highest BCUT2D eigenvalue weighted by Crippen LogP contribution is 2.30. The van der Waals surface area contributed by atoms with Crippen LogP contribution in [0.1, 0.15) is 16.7 Å². The molecule has 1 aliphatic heterocycles. The quantitative estimate of drug-likeness (QED) is 0.656. The molecule has 0 bridgehead atoms. The van der Waals surface area contributed by atoms with E-state index in [9.17, 15) is 9.59 Å². The second kappa shape index (κ2) is 7.74. The monoisotopic (exact) mass is 352 g/mol. The third-order valence-electron chi connectivity index (χ3n) is 3.95. The van der Waals surface area contributed by atoms with E-state index in [1.807, 2.05) is 38.1 Å². The number of carbonyl (C=O) groups is 2. The van der Waals surface area contributed by atoms with Gasteiger partial charge in [-0.2, -0.15) is 0 Å². The minimum absolute atomic E-state index is 0.0805. The first kappa shape index (κ1) is 17.5. The summed E-state index contributed by atoms with van der Waals surface area (Å²) < 4.78 is 11.1. The highest BCUT2D eigenvalue weighted by atomic mass is 16.6. The van der Waals surface area contributed by atoms with E-state index in [4.69, 9.17) is 9.47 Å². The van der Waals surface area contributed by atoms with Crippen LogP contribution in [-0.2, 0) is 9.59 Å². The van der Waals surface area contributed by atoms with Crippen LogP contribution in [0, 0.1) is 13.8 Å². The molecule has 0 fully saturated rings. The normalized spacial score (nSPS) is 15.5. The molecule has 1 atom stereocenters. The lowest BCUT2D eigenvalue weighted by molar-refractivity contribution is -0.134. The number of rotatable bonds is 3. The van der Waals surface area contributed by atoms with Crippen molar-refractivity contribution in [3.05, 3.63) is 65.2 Å². The number of hydrogen-bond donors (Lipinski definition) is 2. The maximum Gasteiger partial charge on any atom is 0.283 e. The van der Waals surface area contributed by atoms with E-state index in [1.54, 1.807) is 24.3 Å². The maximum atomic E-state index is 12.1. The standard InChI is InChI=1S/C20H20N2O4/c1-13-7-8-15(14(2)11-13)9-10-19(23)21-22-20(24)18-12-25-16-5-3-4-6-17(16)26-18/h3-11,18H,12H2,1-2H3,(H,21,23)(H,22,24)/b10-9+. The highest BCUT2D eigenvalue weighted by Gasteiger charge is 2.27. The van der Waals surface area contributed by atoms with E-state index in [0.29, 0.717) is 11.5 Å². The Labute approximate surface area is 151 Å². The van der Waals surface area contributed by atoms with Gasteiger partial charge in [-0.3, -0.25) is 20.4 Å². The number of benzene rings is 2. The van der Waals surface area contributed by atoms with Crippen molar-refractivity contribution < 1.29 is 19.1 Å². The van der Waals surface area contributed by atoms with E-state index < -0.39 is 17.9 Å². The Morgan fingerprint density at radius 3 is 2.62 bits per heavy atom. The average molecular weight is 352 g/mol. The smallest absolute Gasteiger partial charge is 0.283 e. The summed E-state index contributed by atoms with van der Waals surface area (Å²) in [6, 6.07) is 13.1. The summed E-state index contributed by atoms with van der Waals surface area (Å²) >= 11 is 0. The number of amides is 2. The molecule has 3 rings (SSSR count). The number of carbonyl (C=O) groups excluding carboxylic acids is 2. The topological polar surface area (TPSA) is 76.7 Å². The van der Waals surface area contributed by atoms with Crippen molar-refractivity contribution in [1.82, 2.24) is 10.9 Å². The third kappa shape index (κ3) is 4.22. The van der Waals surface area contributed by atoms with Gasteiger partial charge in [0.2, 0.25) is 6.10 Å². The van der Waals surface area contributed by atoms with Crippen molar-refractivity contribution in [2.75, 3.05) is 6.61 Å². The van der Waals surface area contributed by atoms with Crippen LogP contribution in [0.25, 0.3) is 6.08 Å². The lowest BCUT2D eigenvalue weighted by Gasteiger charge is -2.25. The summed E-state index contributed by atoms with van der Waals surface area (Å²) in [7, 11) is 0. The van der Waals surface area contributed by atoms with Gasteiger partial charge in [-0.05, 0) is 43.2 Å². The molecule has 2 aromatic carbocycles. The molecule has 6 nitrogen and oxygen atoms in total. The third-order valence-corrected chi connectivity index (χ3v) is 3.95. The number of ether oxygens (including phenoxy) is 2. The van der Waals surface area contributed by atoms with Crippen LogP contribution in [0.5, 0.6) is 11.5 Å². The molecular formula is C20H20N2O4. The molecule has 0 spiro atoms. The number of nitrogens with one attached hydrogen (secondary N) is 2. The molecule has 2 amide bonds. The molecule has 1 aliphatic rings. The summed E-state index contributed by atoms with van der Waals surface area (Å²) in [6.07, 6.45) is 2.24. The molecule has 1 unspecified atom stereocenters. The van der Waals surface area contributed by atoms with Crippen molar-refractivity contribution >= 4 is 17.9 Å². The van der Waals surface area contributed by atoms with Crippen LogP contribution < -0.4 is 20.3 Å². The Hall–Kier alpha value is -3.28. The molecule has 2 aromatic rings. The van der Waals surface area contributed by atoms with Gasteiger partial charge < -0.3 is 9.47 Å². The van der Waals surface area contributed by atoms with Gasteiger partial charge in [-0.15, -0.1) is 0 Å². The van der Waals surface area contributed by atoms with Crippen LogP contribution in [0.4, 0.5) is 0 Å². The van der Waals surface area contributed by atoms with E-state index in [1.165, 1.54) is 6.08 Å². The summed E-state index contributed by atoms with van der Waals surface area (Å²) in [4.78, 5) is 24.0. The molecule has 6 heteroatoms. The molecule has 1 heterocycles. The minimum Gasteiger partial charge on any atom is -0.485 e. The van der Waals surface area contributed by atoms with Gasteiger partial charge in [0.1, 0.15) is 6.61 Å². The first-order valence-corrected chi connectivity index (χ1v) is 8.26. The minimum atomic E-state index is -0.825. The average Bonchev–Trinajstić information content (AvgIpc) is 2.65. The van der Waals surface area contributed by atoms with Gasteiger partial charge in [-0.1, -0.05) is 35.9 Å². The number of aryl methyl sites for hydroxylation is 2. The lowest BCUT2D eigenvalue weighted by Crippen LogP contribution is -2.50. The largest absolute Gasteiger partial charge is 0.485 e. The van der Waals surface area contributed by atoms with E-state index in [0.717, 1.165) is 16.7 Å². The first-order valence-electron chi connectivity index (χ1n) is 8.26. The zero-order chi connectivity index (χ0) is 18.5. The zero-order valence-corrected chi connectivity index (χ0v) is 14.6. The fraction of sp³-hybridized carbons (Fsp3) is 0.200. The van der Waals surface area contributed by atoms with Crippen LogP contribution in [0.15, 0.2) is 48.5 Å². The maximum absolute atomic E-state index is 12.1. The molecule has 2 N–H and O–H groups in total. The predicted octanol–water partition coefficient (Wildman–Crippen LogP) is 2.30. The molecule has 0 aliphatic carbocycles. The lowest BCUT2D eigenvalue weighted by atomic mass is 10.1. The number of fused-ring (bicyclic) bond motifs is 1. The molecule has 26 heavy (non-hydrogen) atoms. The zero-order valence-electron chi connectivity index (χ0n) is 14.6. The molecule has 134 valence electrons. The molecule has 0 radical (unpaired) electrons. The predicted molar refractivity (Wildman–Crippen MR) is 97.6 cm³/mol. The Kier molecular flexibility index (Phi) is 5.22. The molecule has 0 saturated carbocycles. The fourth-order valence-corrected chi connectivity index (χ4v) is 2.57. The van der Waals surface area contributed by atoms with Gasteiger partial charge in [0.05, 0.1) is 0 Å².